The number of hydrogen-bond donors (Lipinski definition) is 0. The van der Waals surface area contributed by atoms with Gasteiger partial charge in [0.15, 0.2) is 10.8 Å². The quantitative estimate of drug-likeness (QED) is 0.658. The average molecular weight is 410 g/mol. The molecule has 2 aromatic heterocycles. The maximum atomic E-state index is 12.6. The van der Waals surface area contributed by atoms with Crippen molar-refractivity contribution in [3.8, 4) is 5.69 Å². The molecule has 152 valence electrons. The normalized spacial score (nSPS) is 18.1. The first-order valence-electron chi connectivity index (χ1n) is 10.6. The van der Waals surface area contributed by atoms with E-state index in [1.54, 1.807) is 11.3 Å². The lowest BCUT2D eigenvalue weighted by Gasteiger charge is -2.30. The molecule has 0 spiro atoms. The van der Waals surface area contributed by atoms with Crippen LogP contribution in [0.1, 0.15) is 36.9 Å². The summed E-state index contributed by atoms with van der Waals surface area (Å²) in [6, 6.07) is 8.37. The van der Waals surface area contributed by atoms with Crippen molar-refractivity contribution in [2.45, 2.75) is 39.5 Å². The van der Waals surface area contributed by atoms with Crippen molar-refractivity contribution >= 4 is 32.7 Å². The molecule has 7 heteroatoms. The minimum atomic E-state index is 0.284. The van der Waals surface area contributed by atoms with Crippen molar-refractivity contribution in [2.24, 2.45) is 5.92 Å². The van der Waals surface area contributed by atoms with E-state index in [1.165, 1.54) is 12.0 Å². The van der Waals surface area contributed by atoms with E-state index >= 15 is 0 Å². The Labute approximate surface area is 175 Å². The van der Waals surface area contributed by atoms with Crippen LogP contribution in [0.2, 0.25) is 0 Å². The minimum Gasteiger partial charge on any atom is -0.346 e. The van der Waals surface area contributed by atoms with Crippen LogP contribution in [-0.4, -0.2) is 51.8 Å². The molecule has 0 unspecified atom stereocenters. The SMILES string of the molecule is Cc1cccc(-n2nc(C)c3sc(N4CCCN(C(=O)C5CCC5)CC4)nc32)c1. The van der Waals surface area contributed by atoms with Gasteiger partial charge in [0, 0.05) is 32.1 Å². The molecule has 1 amide bonds. The summed E-state index contributed by atoms with van der Waals surface area (Å²) >= 11 is 1.72. The number of hydrogen-bond acceptors (Lipinski definition) is 5. The third-order valence-electron chi connectivity index (χ3n) is 6.16. The van der Waals surface area contributed by atoms with Crippen molar-refractivity contribution in [1.29, 1.82) is 0 Å². The van der Waals surface area contributed by atoms with Crippen LogP contribution in [0.15, 0.2) is 24.3 Å². The fourth-order valence-electron chi connectivity index (χ4n) is 4.24. The van der Waals surface area contributed by atoms with Crippen molar-refractivity contribution in [1.82, 2.24) is 19.7 Å². The van der Waals surface area contributed by atoms with E-state index in [0.29, 0.717) is 5.91 Å². The van der Waals surface area contributed by atoms with Crippen molar-refractivity contribution < 1.29 is 4.79 Å². The van der Waals surface area contributed by atoms with Gasteiger partial charge in [0.05, 0.1) is 16.1 Å². The Kier molecular flexibility index (Phi) is 4.78. The van der Waals surface area contributed by atoms with Crippen molar-refractivity contribution in [3.05, 3.63) is 35.5 Å². The molecule has 29 heavy (non-hydrogen) atoms. The smallest absolute Gasteiger partial charge is 0.225 e. The fourth-order valence-corrected chi connectivity index (χ4v) is 5.28. The Hall–Kier alpha value is -2.41. The molecular weight excluding hydrogens is 382 g/mol. The highest BCUT2D eigenvalue weighted by Gasteiger charge is 2.30. The standard InChI is InChI=1S/C22H27N5OS/c1-15-6-3-9-18(14-15)27-20-19(16(2)24-27)29-22(23-20)26-11-5-10-25(12-13-26)21(28)17-7-4-8-17/h3,6,9,14,17H,4-5,7-8,10-13H2,1-2H3. The van der Waals surface area contributed by atoms with Crippen molar-refractivity contribution in [2.75, 3.05) is 31.1 Å². The number of benzene rings is 1. The zero-order valence-corrected chi connectivity index (χ0v) is 17.9. The molecule has 5 rings (SSSR count). The van der Waals surface area contributed by atoms with Crippen LogP contribution < -0.4 is 4.90 Å². The fraction of sp³-hybridized carbons (Fsp3) is 0.500. The third kappa shape index (κ3) is 3.41. The molecule has 3 aromatic rings. The summed E-state index contributed by atoms with van der Waals surface area (Å²) in [6.45, 7) is 7.61. The van der Waals surface area contributed by atoms with Crippen LogP contribution in [0.5, 0.6) is 0 Å². The molecule has 0 N–H and O–H groups in total. The highest BCUT2D eigenvalue weighted by atomic mass is 32.1. The first kappa shape index (κ1) is 18.6. The molecule has 0 radical (unpaired) electrons. The number of carbonyl (C=O) groups excluding carboxylic acids is 1. The van der Waals surface area contributed by atoms with Crippen LogP contribution in [0.4, 0.5) is 5.13 Å². The summed E-state index contributed by atoms with van der Waals surface area (Å²) in [5, 5.41) is 5.77. The third-order valence-corrected chi connectivity index (χ3v) is 7.37. The average Bonchev–Trinajstić information content (AvgIpc) is 3.11. The molecule has 2 aliphatic rings. The topological polar surface area (TPSA) is 54.3 Å². The Bertz CT molecular complexity index is 1050. The Morgan fingerprint density at radius 2 is 1.97 bits per heavy atom. The molecule has 0 bridgehead atoms. The molecule has 1 saturated carbocycles. The predicted octanol–water partition coefficient (Wildman–Crippen LogP) is 3.94. The lowest BCUT2D eigenvalue weighted by Crippen LogP contribution is -2.41. The zero-order chi connectivity index (χ0) is 20.0. The molecule has 1 aromatic carbocycles. The van der Waals surface area contributed by atoms with E-state index < -0.39 is 0 Å². The number of thiazole rings is 1. The summed E-state index contributed by atoms with van der Waals surface area (Å²) in [7, 11) is 0. The van der Waals surface area contributed by atoms with Gasteiger partial charge < -0.3 is 9.80 Å². The van der Waals surface area contributed by atoms with E-state index in [2.05, 4.69) is 47.9 Å². The minimum absolute atomic E-state index is 0.284. The maximum Gasteiger partial charge on any atom is 0.225 e. The van der Waals surface area contributed by atoms with Gasteiger partial charge in [-0.1, -0.05) is 29.9 Å². The van der Waals surface area contributed by atoms with Gasteiger partial charge in [-0.05, 0) is 50.8 Å². The summed E-state index contributed by atoms with van der Waals surface area (Å²) in [4.78, 5) is 22.0. The number of carbonyl (C=O) groups is 1. The van der Waals surface area contributed by atoms with Crippen LogP contribution in [0, 0.1) is 19.8 Å². The second kappa shape index (κ2) is 7.44. The summed E-state index contributed by atoms with van der Waals surface area (Å²) in [5.74, 6) is 0.653. The Morgan fingerprint density at radius 1 is 1.10 bits per heavy atom. The number of nitrogens with zero attached hydrogens (tertiary/aromatic N) is 5. The number of aryl methyl sites for hydroxylation is 2. The largest absolute Gasteiger partial charge is 0.346 e. The second-order valence-corrected chi connectivity index (χ2v) is 9.26. The van der Waals surface area contributed by atoms with E-state index in [-0.39, 0.29) is 5.92 Å². The second-order valence-electron chi connectivity index (χ2n) is 8.28. The summed E-state index contributed by atoms with van der Waals surface area (Å²) in [5.41, 5.74) is 4.21. The summed E-state index contributed by atoms with van der Waals surface area (Å²) < 4.78 is 3.11. The van der Waals surface area contributed by atoms with Gasteiger partial charge in [-0.3, -0.25) is 4.79 Å². The molecule has 1 aliphatic carbocycles. The highest BCUT2D eigenvalue weighted by Crippen LogP contribution is 2.33. The lowest BCUT2D eigenvalue weighted by atomic mass is 9.84. The van der Waals surface area contributed by atoms with Gasteiger partial charge in [0.1, 0.15) is 0 Å². The molecule has 6 nitrogen and oxygen atoms in total. The van der Waals surface area contributed by atoms with Gasteiger partial charge in [-0.25, -0.2) is 4.68 Å². The van der Waals surface area contributed by atoms with Gasteiger partial charge in [-0.15, -0.1) is 0 Å². The van der Waals surface area contributed by atoms with Crippen LogP contribution in [0.3, 0.4) is 0 Å². The van der Waals surface area contributed by atoms with E-state index in [9.17, 15) is 4.79 Å². The lowest BCUT2D eigenvalue weighted by molar-refractivity contribution is -0.137. The highest BCUT2D eigenvalue weighted by molar-refractivity contribution is 7.22. The predicted molar refractivity (Wildman–Crippen MR) is 117 cm³/mol. The maximum absolute atomic E-state index is 12.6. The number of aromatic nitrogens is 3. The Balaban J connectivity index is 1.39. The molecular formula is C22H27N5OS. The van der Waals surface area contributed by atoms with Gasteiger partial charge in [0.2, 0.25) is 5.91 Å². The Morgan fingerprint density at radius 3 is 2.72 bits per heavy atom. The number of fused-ring (bicyclic) bond motifs is 1. The van der Waals surface area contributed by atoms with Gasteiger partial charge in [-0.2, -0.15) is 10.1 Å². The molecule has 0 atom stereocenters. The molecule has 3 heterocycles. The molecule has 1 aliphatic heterocycles. The van der Waals surface area contributed by atoms with Gasteiger partial charge in [0.25, 0.3) is 0 Å². The number of amides is 1. The number of anilines is 1. The van der Waals surface area contributed by atoms with E-state index in [0.717, 1.165) is 72.3 Å². The zero-order valence-electron chi connectivity index (χ0n) is 17.1. The van der Waals surface area contributed by atoms with Crippen LogP contribution in [-0.2, 0) is 4.79 Å². The van der Waals surface area contributed by atoms with Crippen LogP contribution >= 0.6 is 11.3 Å². The molecule has 2 fully saturated rings. The van der Waals surface area contributed by atoms with E-state index in [4.69, 9.17) is 10.1 Å². The van der Waals surface area contributed by atoms with Crippen LogP contribution in [0.25, 0.3) is 16.0 Å². The first-order valence-corrected chi connectivity index (χ1v) is 11.4. The monoisotopic (exact) mass is 409 g/mol. The van der Waals surface area contributed by atoms with Crippen molar-refractivity contribution in [3.63, 3.8) is 0 Å². The van der Waals surface area contributed by atoms with E-state index in [1.807, 2.05) is 4.68 Å². The van der Waals surface area contributed by atoms with Gasteiger partial charge >= 0.3 is 0 Å². The first-order chi connectivity index (χ1) is 14.1. The molecule has 1 saturated heterocycles. The number of rotatable bonds is 3. The summed E-state index contributed by atoms with van der Waals surface area (Å²) in [6.07, 6.45) is 4.36.